The van der Waals surface area contributed by atoms with Crippen molar-refractivity contribution in [1.29, 1.82) is 0 Å². The standard InChI is InChI=1S/C23H23NO4S/c1-24(14-16-8-10-17(29-3)11-9-16)22(25)15-28-23(26)20-12-13-21(27-2)19-7-5-4-6-18(19)20/h4-13H,14-15H2,1-3H3. The summed E-state index contributed by atoms with van der Waals surface area (Å²) in [6.07, 6.45) is 2.02. The largest absolute Gasteiger partial charge is 0.496 e. The molecule has 29 heavy (non-hydrogen) atoms. The number of amides is 1. The van der Waals surface area contributed by atoms with Crippen LogP contribution in [0.5, 0.6) is 5.75 Å². The van der Waals surface area contributed by atoms with Crippen LogP contribution >= 0.6 is 11.8 Å². The second kappa shape index (κ2) is 9.47. The van der Waals surface area contributed by atoms with Crippen molar-refractivity contribution in [3.8, 4) is 5.75 Å². The zero-order valence-corrected chi connectivity index (χ0v) is 17.5. The van der Waals surface area contributed by atoms with Gasteiger partial charge in [-0.3, -0.25) is 4.79 Å². The Bertz CT molecular complexity index is 1020. The van der Waals surface area contributed by atoms with Gasteiger partial charge in [-0.05, 0) is 41.5 Å². The average Bonchev–Trinajstić information content (AvgIpc) is 2.76. The molecule has 0 fully saturated rings. The van der Waals surface area contributed by atoms with E-state index in [1.54, 1.807) is 43.0 Å². The van der Waals surface area contributed by atoms with Crippen LogP contribution in [0.15, 0.2) is 65.6 Å². The van der Waals surface area contributed by atoms with Crippen LogP contribution in [0.3, 0.4) is 0 Å². The molecule has 1 amide bonds. The predicted molar refractivity (Wildman–Crippen MR) is 115 cm³/mol. The Morgan fingerprint density at radius 2 is 1.66 bits per heavy atom. The number of fused-ring (bicyclic) bond motifs is 1. The van der Waals surface area contributed by atoms with Gasteiger partial charge in [0.1, 0.15) is 5.75 Å². The fourth-order valence-electron chi connectivity index (χ4n) is 3.04. The first kappa shape index (κ1) is 20.7. The fraction of sp³-hybridized carbons (Fsp3) is 0.217. The molecule has 3 rings (SSSR count). The first-order valence-corrected chi connectivity index (χ1v) is 10.4. The summed E-state index contributed by atoms with van der Waals surface area (Å²) in [6, 6.07) is 18.9. The summed E-state index contributed by atoms with van der Waals surface area (Å²) in [5.74, 6) is -0.111. The van der Waals surface area contributed by atoms with Gasteiger partial charge >= 0.3 is 5.97 Å². The molecule has 0 unspecified atom stereocenters. The molecular formula is C23H23NO4S. The molecule has 0 aliphatic carbocycles. The maximum absolute atomic E-state index is 12.6. The molecule has 0 aliphatic heterocycles. The van der Waals surface area contributed by atoms with Crippen LogP contribution in [0.4, 0.5) is 0 Å². The van der Waals surface area contributed by atoms with Crippen LogP contribution in [0.25, 0.3) is 10.8 Å². The van der Waals surface area contributed by atoms with Crippen LogP contribution in [0, 0.1) is 0 Å². The molecule has 0 heterocycles. The normalized spacial score (nSPS) is 10.6. The average molecular weight is 410 g/mol. The summed E-state index contributed by atoms with van der Waals surface area (Å²) in [6.45, 7) is 0.148. The van der Waals surface area contributed by atoms with Crippen molar-refractivity contribution < 1.29 is 19.1 Å². The van der Waals surface area contributed by atoms with E-state index >= 15 is 0 Å². The lowest BCUT2D eigenvalue weighted by atomic mass is 10.0. The third kappa shape index (κ3) is 4.90. The zero-order valence-electron chi connectivity index (χ0n) is 16.7. The highest BCUT2D eigenvalue weighted by molar-refractivity contribution is 7.98. The number of methoxy groups -OCH3 is 1. The number of esters is 1. The van der Waals surface area contributed by atoms with Gasteiger partial charge in [0.15, 0.2) is 6.61 Å². The highest BCUT2D eigenvalue weighted by Gasteiger charge is 2.17. The molecule has 0 spiro atoms. The lowest BCUT2D eigenvalue weighted by Crippen LogP contribution is -2.30. The number of hydrogen-bond donors (Lipinski definition) is 0. The molecule has 150 valence electrons. The van der Waals surface area contributed by atoms with Gasteiger partial charge in [-0.25, -0.2) is 4.79 Å². The molecule has 0 N–H and O–H groups in total. The molecule has 0 aromatic heterocycles. The fourth-order valence-corrected chi connectivity index (χ4v) is 3.44. The maximum Gasteiger partial charge on any atom is 0.339 e. The van der Waals surface area contributed by atoms with E-state index in [1.165, 1.54) is 4.90 Å². The number of thioether (sulfide) groups is 1. The molecule has 5 nitrogen and oxygen atoms in total. The molecule has 3 aromatic rings. The molecule has 0 aliphatic rings. The van der Waals surface area contributed by atoms with Gasteiger partial charge in [-0.15, -0.1) is 11.8 Å². The van der Waals surface area contributed by atoms with Crippen molar-refractivity contribution in [3.63, 3.8) is 0 Å². The Morgan fingerprint density at radius 1 is 0.966 bits per heavy atom. The summed E-state index contributed by atoms with van der Waals surface area (Å²) < 4.78 is 10.6. The summed E-state index contributed by atoms with van der Waals surface area (Å²) in [4.78, 5) is 27.7. The summed E-state index contributed by atoms with van der Waals surface area (Å²) in [5, 5.41) is 1.55. The smallest absolute Gasteiger partial charge is 0.339 e. The van der Waals surface area contributed by atoms with Crippen molar-refractivity contribution in [3.05, 3.63) is 71.8 Å². The summed E-state index contributed by atoms with van der Waals surface area (Å²) in [7, 11) is 3.28. The zero-order chi connectivity index (χ0) is 20.8. The van der Waals surface area contributed by atoms with Crippen molar-refractivity contribution in [2.75, 3.05) is 27.0 Å². The topological polar surface area (TPSA) is 55.8 Å². The Balaban J connectivity index is 1.64. The molecule has 0 bridgehead atoms. The molecule has 0 saturated heterocycles. The summed E-state index contributed by atoms with van der Waals surface area (Å²) in [5.41, 5.74) is 1.43. The SMILES string of the molecule is COc1ccc(C(=O)OCC(=O)N(C)Cc2ccc(SC)cc2)c2ccccc12. The van der Waals surface area contributed by atoms with Gasteiger partial charge in [0, 0.05) is 23.9 Å². The number of hydrogen-bond acceptors (Lipinski definition) is 5. The molecule has 0 radical (unpaired) electrons. The van der Waals surface area contributed by atoms with Gasteiger partial charge in [-0.1, -0.05) is 36.4 Å². The van der Waals surface area contributed by atoms with Gasteiger partial charge in [0.25, 0.3) is 5.91 Å². The van der Waals surface area contributed by atoms with E-state index in [-0.39, 0.29) is 12.5 Å². The number of benzene rings is 3. The van der Waals surface area contributed by atoms with Crippen LogP contribution in [0.2, 0.25) is 0 Å². The first-order chi connectivity index (χ1) is 14.0. The van der Waals surface area contributed by atoms with E-state index in [9.17, 15) is 9.59 Å². The number of rotatable bonds is 7. The Labute approximate surface area is 174 Å². The highest BCUT2D eigenvalue weighted by Crippen LogP contribution is 2.28. The molecule has 6 heteroatoms. The molecule has 0 saturated carbocycles. The second-order valence-electron chi connectivity index (χ2n) is 6.53. The van der Waals surface area contributed by atoms with Gasteiger partial charge in [0.2, 0.25) is 0 Å². The van der Waals surface area contributed by atoms with E-state index in [4.69, 9.17) is 9.47 Å². The van der Waals surface area contributed by atoms with Gasteiger partial charge in [-0.2, -0.15) is 0 Å². The lowest BCUT2D eigenvalue weighted by Gasteiger charge is -2.17. The van der Waals surface area contributed by atoms with Crippen LogP contribution < -0.4 is 4.74 Å². The van der Waals surface area contributed by atoms with Crippen LogP contribution in [-0.4, -0.2) is 43.8 Å². The van der Waals surface area contributed by atoms with E-state index in [1.807, 2.05) is 54.8 Å². The monoisotopic (exact) mass is 409 g/mol. The summed E-state index contributed by atoms with van der Waals surface area (Å²) >= 11 is 1.67. The Morgan fingerprint density at radius 3 is 2.31 bits per heavy atom. The van der Waals surface area contributed by atoms with Crippen molar-refractivity contribution in [1.82, 2.24) is 4.90 Å². The van der Waals surface area contributed by atoms with E-state index in [0.29, 0.717) is 17.9 Å². The van der Waals surface area contributed by atoms with Crippen LogP contribution in [0.1, 0.15) is 15.9 Å². The van der Waals surface area contributed by atoms with Crippen molar-refractivity contribution in [2.24, 2.45) is 0 Å². The van der Waals surface area contributed by atoms with Gasteiger partial charge in [0.05, 0.1) is 12.7 Å². The number of carbonyl (C=O) groups excluding carboxylic acids is 2. The Kier molecular flexibility index (Phi) is 6.77. The van der Waals surface area contributed by atoms with Crippen molar-refractivity contribution >= 4 is 34.4 Å². The highest BCUT2D eigenvalue weighted by atomic mass is 32.2. The minimum Gasteiger partial charge on any atom is -0.496 e. The maximum atomic E-state index is 12.6. The Hall–Kier alpha value is -2.99. The number of likely N-dealkylation sites (N-methyl/N-ethyl adjacent to an activating group) is 1. The van der Waals surface area contributed by atoms with E-state index in [2.05, 4.69) is 0 Å². The molecule has 3 aromatic carbocycles. The minimum atomic E-state index is -0.532. The molecular weight excluding hydrogens is 386 g/mol. The first-order valence-electron chi connectivity index (χ1n) is 9.13. The van der Waals surface area contributed by atoms with Crippen LogP contribution in [-0.2, 0) is 16.1 Å². The van der Waals surface area contributed by atoms with E-state index < -0.39 is 5.97 Å². The molecule has 0 atom stereocenters. The second-order valence-corrected chi connectivity index (χ2v) is 7.41. The number of ether oxygens (including phenoxy) is 2. The number of carbonyl (C=O) groups is 2. The predicted octanol–water partition coefficient (Wildman–Crippen LogP) is 4.39. The lowest BCUT2D eigenvalue weighted by molar-refractivity contribution is -0.133. The van der Waals surface area contributed by atoms with Crippen molar-refractivity contribution in [2.45, 2.75) is 11.4 Å². The van der Waals surface area contributed by atoms with Gasteiger partial charge < -0.3 is 14.4 Å². The minimum absolute atomic E-state index is 0.259. The third-order valence-electron chi connectivity index (χ3n) is 4.66. The quantitative estimate of drug-likeness (QED) is 0.428. The van der Waals surface area contributed by atoms with E-state index in [0.717, 1.165) is 16.3 Å². The number of nitrogens with zero attached hydrogens (tertiary/aromatic N) is 1. The third-order valence-corrected chi connectivity index (χ3v) is 5.40.